The Morgan fingerprint density at radius 2 is 2.20 bits per heavy atom. The lowest BCUT2D eigenvalue weighted by atomic mass is 10.2. The van der Waals surface area contributed by atoms with Crippen LogP contribution < -0.4 is 11.3 Å². The minimum Gasteiger partial charge on any atom is -0.364 e. The van der Waals surface area contributed by atoms with Crippen LogP contribution in [0.15, 0.2) is 11.1 Å². The maximum atomic E-state index is 11.7. The second-order valence-electron chi connectivity index (χ2n) is 3.36. The first-order chi connectivity index (χ1) is 7.02. The Labute approximate surface area is 84.7 Å². The number of nitrogens with one attached hydrogen (secondary N) is 1. The van der Waals surface area contributed by atoms with E-state index in [1.807, 2.05) is 0 Å². The predicted octanol–water partition coefficient (Wildman–Crippen LogP) is -0.262. The van der Waals surface area contributed by atoms with E-state index in [9.17, 15) is 9.59 Å². The lowest BCUT2D eigenvalue weighted by Crippen LogP contribution is -2.19. The SMILES string of the molecule is Cc1[nH]c2c(C(N)=O)ncn2c(=O)c1C. The molecule has 6 nitrogen and oxygen atoms in total. The summed E-state index contributed by atoms with van der Waals surface area (Å²) >= 11 is 0. The lowest BCUT2D eigenvalue weighted by molar-refractivity contribution is 0.0997. The molecule has 78 valence electrons. The molecule has 0 aromatic carbocycles. The first kappa shape index (κ1) is 9.45. The molecule has 2 aromatic heterocycles. The molecule has 0 radical (unpaired) electrons. The summed E-state index contributed by atoms with van der Waals surface area (Å²) in [6.45, 7) is 3.46. The van der Waals surface area contributed by atoms with Gasteiger partial charge in [-0.15, -0.1) is 0 Å². The van der Waals surface area contributed by atoms with Crippen molar-refractivity contribution in [3.63, 3.8) is 0 Å². The summed E-state index contributed by atoms with van der Waals surface area (Å²) in [4.78, 5) is 29.5. The van der Waals surface area contributed by atoms with Crippen molar-refractivity contribution in [2.75, 3.05) is 0 Å². The van der Waals surface area contributed by atoms with Gasteiger partial charge in [0.2, 0.25) is 0 Å². The highest BCUT2D eigenvalue weighted by molar-refractivity contribution is 5.96. The third kappa shape index (κ3) is 1.22. The van der Waals surface area contributed by atoms with Gasteiger partial charge in [-0.2, -0.15) is 0 Å². The molecule has 0 bridgehead atoms. The number of hydrogen-bond acceptors (Lipinski definition) is 3. The topological polar surface area (TPSA) is 93.2 Å². The normalized spacial score (nSPS) is 10.8. The van der Waals surface area contributed by atoms with E-state index in [2.05, 4.69) is 9.97 Å². The molecule has 0 atom stereocenters. The molecule has 0 aliphatic heterocycles. The van der Waals surface area contributed by atoms with Crippen molar-refractivity contribution in [2.45, 2.75) is 13.8 Å². The summed E-state index contributed by atoms with van der Waals surface area (Å²) in [6, 6.07) is 0. The number of nitrogens with two attached hydrogens (primary N) is 1. The lowest BCUT2D eigenvalue weighted by Gasteiger charge is -2.01. The number of hydrogen-bond donors (Lipinski definition) is 2. The largest absolute Gasteiger partial charge is 0.364 e. The van der Waals surface area contributed by atoms with E-state index in [-0.39, 0.29) is 11.3 Å². The van der Waals surface area contributed by atoms with Crippen LogP contribution in [0, 0.1) is 13.8 Å². The summed E-state index contributed by atoms with van der Waals surface area (Å²) < 4.78 is 1.28. The summed E-state index contributed by atoms with van der Waals surface area (Å²) in [7, 11) is 0. The van der Waals surface area contributed by atoms with Crippen molar-refractivity contribution < 1.29 is 4.79 Å². The number of imidazole rings is 1. The van der Waals surface area contributed by atoms with Crippen molar-refractivity contribution >= 4 is 11.6 Å². The van der Waals surface area contributed by atoms with Gasteiger partial charge in [0.25, 0.3) is 11.5 Å². The van der Waals surface area contributed by atoms with Crippen LogP contribution >= 0.6 is 0 Å². The van der Waals surface area contributed by atoms with Crippen molar-refractivity contribution in [2.24, 2.45) is 5.73 Å². The number of aromatic nitrogens is 3. The van der Waals surface area contributed by atoms with Crippen molar-refractivity contribution in [3.05, 3.63) is 33.6 Å². The van der Waals surface area contributed by atoms with Crippen LogP contribution in [0.1, 0.15) is 21.7 Å². The van der Waals surface area contributed by atoms with E-state index in [1.54, 1.807) is 13.8 Å². The van der Waals surface area contributed by atoms with Gasteiger partial charge in [0.05, 0.1) is 0 Å². The number of fused-ring (bicyclic) bond motifs is 1. The van der Waals surface area contributed by atoms with Gasteiger partial charge in [0.15, 0.2) is 11.3 Å². The maximum Gasteiger partial charge on any atom is 0.271 e. The Hall–Kier alpha value is -2.11. The zero-order chi connectivity index (χ0) is 11.2. The molecule has 0 spiro atoms. The zero-order valence-electron chi connectivity index (χ0n) is 8.37. The third-order valence-electron chi connectivity index (χ3n) is 2.41. The first-order valence-electron chi connectivity index (χ1n) is 4.38. The second-order valence-corrected chi connectivity index (χ2v) is 3.36. The third-order valence-corrected chi connectivity index (χ3v) is 2.41. The fourth-order valence-electron chi connectivity index (χ4n) is 1.41. The highest BCUT2D eigenvalue weighted by Crippen LogP contribution is 2.06. The molecule has 2 rings (SSSR count). The average Bonchev–Trinajstić information content (AvgIpc) is 2.58. The number of aromatic amines is 1. The van der Waals surface area contributed by atoms with Gasteiger partial charge in [-0.25, -0.2) is 4.98 Å². The Morgan fingerprint density at radius 3 is 2.80 bits per heavy atom. The van der Waals surface area contributed by atoms with Gasteiger partial charge in [-0.05, 0) is 13.8 Å². The van der Waals surface area contributed by atoms with E-state index < -0.39 is 5.91 Å². The molecule has 1 amide bonds. The molecule has 0 saturated carbocycles. The van der Waals surface area contributed by atoms with Crippen molar-refractivity contribution in [1.82, 2.24) is 14.4 Å². The Morgan fingerprint density at radius 1 is 1.53 bits per heavy atom. The van der Waals surface area contributed by atoms with Crippen LogP contribution in [0.2, 0.25) is 0 Å². The summed E-state index contributed by atoms with van der Waals surface area (Å²) in [5.41, 5.74) is 6.65. The smallest absolute Gasteiger partial charge is 0.271 e. The predicted molar refractivity (Wildman–Crippen MR) is 53.8 cm³/mol. The fourth-order valence-corrected chi connectivity index (χ4v) is 1.41. The van der Waals surface area contributed by atoms with Crippen LogP contribution in [-0.4, -0.2) is 20.3 Å². The van der Waals surface area contributed by atoms with Crippen LogP contribution in [0.25, 0.3) is 5.65 Å². The molecule has 6 heteroatoms. The highest BCUT2D eigenvalue weighted by Gasteiger charge is 2.13. The monoisotopic (exact) mass is 206 g/mol. The van der Waals surface area contributed by atoms with Crippen LogP contribution in [-0.2, 0) is 0 Å². The number of carbonyl (C=O) groups excluding carboxylic acids is 1. The number of aryl methyl sites for hydroxylation is 1. The number of primary amides is 1. The minimum atomic E-state index is -0.656. The van der Waals surface area contributed by atoms with Gasteiger partial charge in [-0.1, -0.05) is 0 Å². The van der Waals surface area contributed by atoms with Crippen molar-refractivity contribution in [3.8, 4) is 0 Å². The number of H-pyrrole nitrogens is 1. The van der Waals surface area contributed by atoms with Gasteiger partial charge in [0.1, 0.15) is 6.33 Å². The molecule has 0 saturated heterocycles. The van der Waals surface area contributed by atoms with E-state index in [4.69, 9.17) is 5.73 Å². The molecule has 2 aromatic rings. The van der Waals surface area contributed by atoms with Gasteiger partial charge < -0.3 is 10.7 Å². The van der Waals surface area contributed by atoms with Gasteiger partial charge >= 0.3 is 0 Å². The molecule has 0 fully saturated rings. The van der Waals surface area contributed by atoms with E-state index in [0.717, 1.165) is 0 Å². The quantitative estimate of drug-likeness (QED) is 0.673. The Kier molecular flexibility index (Phi) is 1.85. The summed E-state index contributed by atoms with van der Waals surface area (Å²) in [5.74, 6) is -0.656. The molecule has 15 heavy (non-hydrogen) atoms. The molecule has 2 heterocycles. The van der Waals surface area contributed by atoms with E-state index >= 15 is 0 Å². The van der Waals surface area contributed by atoms with Crippen LogP contribution in [0.4, 0.5) is 0 Å². The molecule has 0 unspecified atom stereocenters. The zero-order valence-corrected chi connectivity index (χ0v) is 8.37. The van der Waals surface area contributed by atoms with E-state index in [0.29, 0.717) is 16.9 Å². The maximum absolute atomic E-state index is 11.7. The summed E-state index contributed by atoms with van der Waals surface area (Å²) in [5, 5.41) is 0. The van der Waals surface area contributed by atoms with E-state index in [1.165, 1.54) is 10.7 Å². The first-order valence-corrected chi connectivity index (χ1v) is 4.38. The van der Waals surface area contributed by atoms with Crippen LogP contribution in [0.5, 0.6) is 0 Å². The molecular formula is C9H10N4O2. The highest BCUT2D eigenvalue weighted by atomic mass is 16.1. The number of rotatable bonds is 1. The number of amides is 1. The molecular weight excluding hydrogens is 196 g/mol. The standard InChI is InChI=1S/C9H10N4O2/c1-4-5(2)12-8-6(7(10)14)11-3-13(8)9(4)15/h3,12H,1-2H3,(H2,10,14). The van der Waals surface area contributed by atoms with Crippen molar-refractivity contribution in [1.29, 1.82) is 0 Å². The van der Waals surface area contributed by atoms with Gasteiger partial charge in [-0.3, -0.25) is 14.0 Å². The minimum absolute atomic E-state index is 0.0789. The second kappa shape index (κ2) is 2.94. The molecule has 0 aliphatic carbocycles. The Balaban J connectivity index is 2.96. The van der Waals surface area contributed by atoms with Crippen LogP contribution in [0.3, 0.4) is 0 Å². The molecule has 3 N–H and O–H groups in total. The average molecular weight is 206 g/mol. The van der Waals surface area contributed by atoms with Gasteiger partial charge in [0, 0.05) is 11.3 Å². The fraction of sp³-hybridized carbons (Fsp3) is 0.222. The molecule has 0 aliphatic rings. The number of nitrogens with zero attached hydrogens (tertiary/aromatic N) is 2. The number of carbonyl (C=O) groups is 1. The Bertz CT molecular complexity index is 608. The summed E-state index contributed by atoms with van der Waals surface area (Å²) in [6.07, 6.45) is 1.29.